The molecule has 2 heterocycles. The Morgan fingerprint density at radius 3 is 3.00 bits per heavy atom. The largest absolute Gasteiger partial charge is 0.333 e. The van der Waals surface area contributed by atoms with Crippen LogP contribution in [0.5, 0.6) is 0 Å². The van der Waals surface area contributed by atoms with Crippen molar-refractivity contribution < 1.29 is 4.79 Å². The van der Waals surface area contributed by atoms with Crippen LogP contribution in [-0.2, 0) is 18.4 Å². The molecule has 1 aromatic heterocycles. The molecule has 1 fully saturated rings. The Labute approximate surface area is 81.7 Å². The predicted molar refractivity (Wildman–Crippen MR) is 49.0 cm³/mol. The minimum absolute atomic E-state index is 0.0359. The highest BCUT2D eigenvalue weighted by molar-refractivity contribution is 5.79. The van der Waals surface area contributed by atoms with Crippen LogP contribution in [0.4, 0.5) is 0 Å². The van der Waals surface area contributed by atoms with Gasteiger partial charge in [0.25, 0.3) is 0 Å². The Morgan fingerprint density at radius 1 is 1.71 bits per heavy atom. The molecule has 0 saturated carbocycles. The molecule has 0 radical (unpaired) electrons. The lowest BCUT2D eigenvalue weighted by atomic mass is 10.3. The molecular formula is C8H13N5O. The summed E-state index contributed by atoms with van der Waals surface area (Å²) in [6.45, 7) is 1.07. The Morgan fingerprint density at radius 2 is 2.50 bits per heavy atom. The van der Waals surface area contributed by atoms with Gasteiger partial charge in [0.15, 0.2) is 5.82 Å². The third-order valence-corrected chi connectivity index (χ3v) is 2.22. The molecule has 76 valence electrons. The summed E-state index contributed by atoms with van der Waals surface area (Å²) in [7, 11) is 1.80. The van der Waals surface area contributed by atoms with Gasteiger partial charge in [-0.2, -0.15) is 5.10 Å². The van der Waals surface area contributed by atoms with Crippen LogP contribution >= 0.6 is 0 Å². The molecule has 6 heteroatoms. The van der Waals surface area contributed by atoms with Gasteiger partial charge in [0.1, 0.15) is 6.33 Å². The van der Waals surface area contributed by atoms with Gasteiger partial charge in [-0.05, 0) is 0 Å². The lowest BCUT2D eigenvalue weighted by Crippen LogP contribution is -2.28. The standard InChI is InChI=1S/C8H13N5O/c1-12-5-10-7(11-12)4-13-3-6(9)2-8(13)14/h5-6H,2-4,9H2,1H3. The zero-order valence-corrected chi connectivity index (χ0v) is 8.05. The third kappa shape index (κ3) is 1.74. The van der Waals surface area contributed by atoms with Crippen LogP contribution in [0.1, 0.15) is 12.2 Å². The highest BCUT2D eigenvalue weighted by Gasteiger charge is 2.27. The Kier molecular flexibility index (Phi) is 2.20. The van der Waals surface area contributed by atoms with Gasteiger partial charge in [-0.3, -0.25) is 9.48 Å². The molecule has 0 aliphatic carbocycles. The van der Waals surface area contributed by atoms with Crippen LogP contribution in [0.3, 0.4) is 0 Å². The zero-order valence-electron chi connectivity index (χ0n) is 8.05. The van der Waals surface area contributed by atoms with E-state index in [0.29, 0.717) is 25.3 Å². The molecule has 1 unspecified atom stereocenters. The molecule has 1 amide bonds. The number of hydrogen-bond acceptors (Lipinski definition) is 4. The van der Waals surface area contributed by atoms with E-state index < -0.39 is 0 Å². The maximum atomic E-state index is 11.4. The van der Waals surface area contributed by atoms with Gasteiger partial charge in [0.05, 0.1) is 6.54 Å². The van der Waals surface area contributed by atoms with E-state index in [-0.39, 0.29) is 11.9 Å². The van der Waals surface area contributed by atoms with E-state index in [2.05, 4.69) is 10.1 Å². The normalized spacial score (nSPS) is 22.0. The summed E-state index contributed by atoms with van der Waals surface area (Å²) < 4.78 is 1.62. The molecule has 0 aromatic carbocycles. The van der Waals surface area contributed by atoms with E-state index in [0.717, 1.165) is 0 Å². The van der Waals surface area contributed by atoms with Crippen molar-refractivity contribution in [3.63, 3.8) is 0 Å². The topological polar surface area (TPSA) is 77.0 Å². The summed E-state index contributed by atoms with van der Waals surface area (Å²) in [5, 5.41) is 4.10. The summed E-state index contributed by atoms with van der Waals surface area (Å²) in [4.78, 5) is 17.1. The first-order valence-corrected chi connectivity index (χ1v) is 4.53. The van der Waals surface area contributed by atoms with Gasteiger partial charge in [-0.25, -0.2) is 4.98 Å². The molecule has 6 nitrogen and oxygen atoms in total. The first-order chi connectivity index (χ1) is 6.65. The molecule has 1 aliphatic rings. The molecule has 0 spiro atoms. The van der Waals surface area contributed by atoms with Crippen molar-refractivity contribution in [1.29, 1.82) is 0 Å². The number of rotatable bonds is 2. The summed E-state index contributed by atoms with van der Waals surface area (Å²) >= 11 is 0. The molecule has 14 heavy (non-hydrogen) atoms. The first kappa shape index (κ1) is 9.14. The molecule has 2 N–H and O–H groups in total. The predicted octanol–water partition coefficient (Wildman–Crippen LogP) is -1.13. The molecular weight excluding hydrogens is 182 g/mol. The van der Waals surface area contributed by atoms with E-state index in [4.69, 9.17) is 5.73 Å². The fraction of sp³-hybridized carbons (Fsp3) is 0.625. The van der Waals surface area contributed by atoms with Crippen molar-refractivity contribution in [2.75, 3.05) is 6.54 Å². The Balaban J connectivity index is 2.01. The highest BCUT2D eigenvalue weighted by Crippen LogP contribution is 2.11. The van der Waals surface area contributed by atoms with E-state index in [9.17, 15) is 4.79 Å². The minimum Gasteiger partial charge on any atom is -0.333 e. The quantitative estimate of drug-likeness (QED) is 0.648. The molecule has 1 aromatic rings. The van der Waals surface area contributed by atoms with Gasteiger partial charge >= 0.3 is 0 Å². The number of aryl methyl sites for hydroxylation is 1. The van der Waals surface area contributed by atoms with Gasteiger partial charge < -0.3 is 10.6 Å². The molecule has 1 saturated heterocycles. The lowest BCUT2D eigenvalue weighted by Gasteiger charge is -2.12. The number of carbonyl (C=O) groups excluding carboxylic acids is 1. The van der Waals surface area contributed by atoms with Gasteiger partial charge in [-0.1, -0.05) is 0 Å². The number of aromatic nitrogens is 3. The van der Waals surface area contributed by atoms with Gasteiger partial charge in [0, 0.05) is 26.1 Å². The van der Waals surface area contributed by atoms with Crippen LogP contribution in [0, 0.1) is 0 Å². The van der Waals surface area contributed by atoms with Crippen molar-refractivity contribution in [3.8, 4) is 0 Å². The van der Waals surface area contributed by atoms with Crippen LogP contribution in [0.2, 0.25) is 0 Å². The van der Waals surface area contributed by atoms with Crippen molar-refractivity contribution in [3.05, 3.63) is 12.2 Å². The van der Waals surface area contributed by atoms with E-state index in [1.165, 1.54) is 0 Å². The molecule has 1 aliphatic heterocycles. The average Bonchev–Trinajstić information content (AvgIpc) is 2.61. The average molecular weight is 195 g/mol. The lowest BCUT2D eigenvalue weighted by molar-refractivity contribution is -0.128. The van der Waals surface area contributed by atoms with E-state index in [1.807, 2.05) is 0 Å². The van der Waals surface area contributed by atoms with E-state index in [1.54, 1.807) is 23.0 Å². The summed E-state index contributed by atoms with van der Waals surface area (Å²) in [5.41, 5.74) is 5.67. The SMILES string of the molecule is Cn1cnc(CN2CC(N)CC2=O)n1. The van der Waals surface area contributed by atoms with Crippen LogP contribution < -0.4 is 5.73 Å². The van der Waals surface area contributed by atoms with Crippen molar-refractivity contribution >= 4 is 5.91 Å². The van der Waals surface area contributed by atoms with Crippen molar-refractivity contribution in [2.24, 2.45) is 12.8 Å². The summed E-state index contributed by atoms with van der Waals surface area (Å²) in [5.74, 6) is 0.750. The number of nitrogens with zero attached hydrogens (tertiary/aromatic N) is 4. The number of carbonyl (C=O) groups is 1. The molecule has 0 bridgehead atoms. The number of nitrogens with two attached hydrogens (primary N) is 1. The van der Waals surface area contributed by atoms with Gasteiger partial charge in [-0.15, -0.1) is 0 Å². The maximum absolute atomic E-state index is 11.4. The second-order valence-corrected chi connectivity index (χ2v) is 3.57. The third-order valence-electron chi connectivity index (χ3n) is 2.22. The fourth-order valence-electron chi connectivity index (χ4n) is 1.58. The van der Waals surface area contributed by atoms with E-state index >= 15 is 0 Å². The second kappa shape index (κ2) is 3.38. The summed E-state index contributed by atoms with van der Waals surface area (Å²) in [6, 6.07) is -0.0359. The smallest absolute Gasteiger partial charge is 0.224 e. The van der Waals surface area contributed by atoms with Crippen molar-refractivity contribution in [1.82, 2.24) is 19.7 Å². The second-order valence-electron chi connectivity index (χ2n) is 3.57. The monoisotopic (exact) mass is 195 g/mol. The van der Waals surface area contributed by atoms with Crippen LogP contribution in [0.25, 0.3) is 0 Å². The first-order valence-electron chi connectivity index (χ1n) is 4.53. The number of likely N-dealkylation sites (tertiary alicyclic amines) is 1. The maximum Gasteiger partial charge on any atom is 0.224 e. The highest BCUT2D eigenvalue weighted by atomic mass is 16.2. The van der Waals surface area contributed by atoms with Gasteiger partial charge in [0.2, 0.25) is 5.91 Å². The zero-order chi connectivity index (χ0) is 10.1. The minimum atomic E-state index is -0.0359. The number of hydrogen-bond donors (Lipinski definition) is 1. The molecule has 2 rings (SSSR count). The Hall–Kier alpha value is -1.43. The fourth-order valence-corrected chi connectivity index (χ4v) is 1.58. The van der Waals surface area contributed by atoms with Crippen LogP contribution in [0.15, 0.2) is 6.33 Å². The molecule has 1 atom stereocenters. The van der Waals surface area contributed by atoms with Crippen LogP contribution in [-0.4, -0.2) is 38.2 Å². The summed E-state index contributed by atoms with van der Waals surface area (Å²) in [6.07, 6.45) is 2.06. The van der Waals surface area contributed by atoms with Crippen molar-refractivity contribution in [2.45, 2.75) is 19.0 Å². The number of amides is 1. The Bertz CT molecular complexity index is 347.